The number of carbonyl (C=O) groups excluding carboxylic acids is 2. The molecule has 0 aliphatic rings. The zero-order chi connectivity index (χ0) is 24.6. The molecule has 0 atom stereocenters. The Hall–Kier alpha value is -3.50. The molecule has 178 valence electrons. The summed E-state index contributed by atoms with van der Waals surface area (Å²) in [4.78, 5) is 25.8. The van der Waals surface area contributed by atoms with E-state index in [1.807, 2.05) is 26.0 Å². The fraction of sp³-hybridized carbons (Fsp3) is 0.167. The van der Waals surface area contributed by atoms with Gasteiger partial charge in [-0.15, -0.1) is 11.8 Å². The zero-order valence-electron chi connectivity index (χ0n) is 18.7. The lowest BCUT2D eigenvalue weighted by Gasteiger charge is -2.11. The summed E-state index contributed by atoms with van der Waals surface area (Å²) in [5, 5.41) is 0. The smallest absolute Gasteiger partial charge is 0.270 e. The number of carbonyl (C=O) groups is 2. The third-order valence-electron chi connectivity index (χ3n) is 4.57. The first-order chi connectivity index (χ1) is 16.3. The highest BCUT2D eigenvalue weighted by Gasteiger charge is 2.16. The van der Waals surface area contributed by atoms with Crippen molar-refractivity contribution in [2.75, 3.05) is 17.1 Å². The molecule has 3 rings (SSSR count). The molecule has 0 bridgehead atoms. The molecule has 0 aliphatic heterocycles. The van der Waals surface area contributed by atoms with E-state index in [4.69, 9.17) is 4.74 Å². The molecular weight excluding hydrogens is 474 g/mol. The average Bonchev–Trinajstić information content (AvgIpc) is 2.84. The Morgan fingerprint density at radius 1 is 0.853 bits per heavy atom. The van der Waals surface area contributed by atoms with Crippen LogP contribution in [0.3, 0.4) is 0 Å². The number of thioether (sulfide) groups is 1. The second-order valence-corrected chi connectivity index (χ2v) is 9.91. The Morgan fingerprint density at radius 3 is 2.15 bits per heavy atom. The molecule has 3 aromatic rings. The van der Waals surface area contributed by atoms with E-state index in [0.717, 1.165) is 10.6 Å². The number of benzene rings is 3. The molecule has 0 saturated heterocycles. The molecule has 0 spiro atoms. The van der Waals surface area contributed by atoms with Crippen molar-refractivity contribution in [2.45, 2.75) is 23.6 Å². The zero-order valence-corrected chi connectivity index (χ0v) is 20.3. The maximum absolute atomic E-state index is 12.6. The molecule has 0 aliphatic carbocycles. The number of anilines is 1. The van der Waals surface area contributed by atoms with Gasteiger partial charge in [0.05, 0.1) is 17.1 Å². The number of sulfonamides is 1. The van der Waals surface area contributed by atoms with Crippen molar-refractivity contribution in [3.8, 4) is 5.75 Å². The Kier molecular flexibility index (Phi) is 8.55. The van der Waals surface area contributed by atoms with Crippen LogP contribution in [0.25, 0.3) is 0 Å². The second kappa shape index (κ2) is 11.6. The van der Waals surface area contributed by atoms with Gasteiger partial charge in [-0.3, -0.25) is 25.2 Å². The number of nitrogens with one attached hydrogen (secondary N) is 3. The maximum Gasteiger partial charge on any atom is 0.270 e. The number of hydrogen-bond acceptors (Lipinski definition) is 6. The molecule has 3 N–H and O–H groups in total. The first-order valence-corrected chi connectivity index (χ1v) is 13.0. The van der Waals surface area contributed by atoms with Crippen LogP contribution in [0.1, 0.15) is 34.6 Å². The van der Waals surface area contributed by atoms with Gasteiger partial charge >= 0.3 is 0 Å². The molecule has 10 heteroatoms. The van der Waals surface area contributed by atoms with Gasteiger partial charge in [-0.25, -0.2) is 8.42 Å². The molecule has 0 fully saturated rings. The SMILES string of the molecule is CCOc1ccc(S(=O)(=O)Nc2ccc(C(=O)NNC(=O)c3ccccc3SCC)cc2)cc1. The van der Waals surface area contributed by atoms with Crippen LogP contribution in [-0.4, -0.2) is 32.6 Å². The summed E-state index contributed by atoms with van der Waals surface area (Å²) >= 11 is 1.53. The average molecular weight is 500 g/mol. The molecule has 0 aromatic heterocycles. The number of hydrazine groups is 1. The van der Waals surface area contributed by atoms with Crippen LogP contribution in [0.2, 0.25) is 0 Å². The summed E-state index contributed by atoms with van der Waals surface area (Å²) in [6.07, 6.45) is 0. The van der Waals surface area contributed by atoms with E-state index >= 15 is 0 Å². The van der Waals surface area contributed by atoms with Gasteiger partial charge in [0.2, 0.25) is 0 Å². The predicted octanol–water partition coefficient (Wildman–Crippen LogP) is 4.07. The standard InChI is InChI=1S/C24H25N3O5S2/c1-3-32-19-13-15-20(16-14-19)34(30,31)27-18-11-9-17(10-12-18)23(28)25-26-24(29)21-7-5-6-8-22(21)33-4-2/h5-16,27H,3-4H2,1-2H3,(H,25,28)(H,26,29). The quantitative estimate of drug-likeness (QED) is 0.302. The van der Waals surface area contributed by atoms with E-state index in [1.165, 1.54) is 48.2 Å². The third kappa shape index (κ3) is 6.52. The molecule has 0 unspecified atom stereocenters. The van der Waals surface area contributed by atoms with Crippen molar-refractivity contribution in [1.82, 2.24) is 10.9 Å². The lowest BCUT2D eigenvalue weighted by Crippen LogP contribution is -2.41. The number of rotatable bonds is 9. The third-order valence-corrected chi connectivity index (χ3v) is 6.92. The van der Waals surface area contributed by atoms with Crippen molar-refractivity contribution in [3.63, 3.8) is 0 Å². The van der Waals surface area contributed by atoms with Crippen LogP contribution in [0.5, 0.6) is 5.75 Å². The van der Waals surface area contributed by atoms with Crippen molar-refractivity contribution in [1.29, 1.82) is 0 Å². The van der Waals surface area contributed by atoms with E-state index in [1.54, 1.807) is 24.3 Å². The fourth-order valence-electron chi connectivity index (χ4n) is 2.97. The van der Waals surface area contributed by atoms with E-state index in [9.17, 15) is 18.0 Å². The lowest BCUT2D eigenvalue weighted by atomic mass is 10.2. The summed E-state index contributed by atoms with van der Waals surface area (Å²) in [6, 6.07) is 19.1. The molecule has 8 nitrogen and oxygen atoms in total. The minimum absolute atomic E-state index is 0.0852. The van der Waals surface area contributed by atoms with Crippen LogP contribution >= 0.6 is 11.8 Å². The normalized spacial score (nSPS) is 10.9. The van der Waals surface area contributed by atoms with Gasteiger partial charge in [0.15, 0.2) is 0 Å². The summed E-state index contributed by atoms with van der Waals surface area (Å²) < 4.78 is 33.0. The van der Waals surface area contributed by atoms with Crippen molar-refractivity contribution in [3.05, 3.63) is 83.9 Å². The number of ether oxygens (including phenoxy) is 1. The molecule has 2 amide bonds. The highest BCUT2D eigenvalue weighted by Crippen LogP contribution is 2.22. The monoisotopic (exact) mass is 499 g/mol. The first kappa shape index (κ1) is 25.1. The highest BCUT2D eigenvalue weighted by atomic mass is 32.2. The van der Waals surface area contributed by atoms with Crippen molar-refractivity contribution < 1.29 is 22.7 Å². The molecule has 0 heterocycles. The summed E-state index contributed by atoms with van der Waals surface area (Å²) in [7, 11) is -3.80. The maximum atomic E-state index is 12.6. The Balaban J connectivity index is 1.60. The van der Waals surface area contributed by atoms with Gasteiger partial charge in [-0.1, -0.05) is 19.1 Å². The first-order valence-electron chi connectivity index (χ1n) is 10.5. The molecule has 0 radical (unpaired) electrons. The number of amides is 2. The minimum atomic E-state index is -3.80. The van der Waals surface area contributed by atoms with E-state index in [0.29, 0.717) is 23.6 Å². The van der Waals surface area contributed by atoms with Crippen LogP contribution in [0.15, 0.2) is 82.6 Å². The Morgan fingerprint density at radius 2 is 1.50 bits per heavy atom. The van der Waals surface area contributed by atoms with Crippen molar-refractivity contribution in [2.24, 2.45) is 0 Å². The Bertz CT molecular complexity index is 1240. The van der Waals surface area contributed by atoms with Gasteiger partial charge < -0.3 is 4.74 Å². The van der Waals surface area contributed by atoms with Crippen LogP contribution in [0, 0.1) is 0 Å². The predicted molar refractivity (Wildman–Crippen MR) is 133 cm³/mol. The van der Waals surface area contributed by atoms with E-state index in [2.05, 4.69) is 15.6 Å². The van der Waals surface area contributed by atoms with Crippen LogP contribution in [0.4, 0.5) is 5.69 Å². The van der Waals surface area contributed by atoms with Gasteiger partial charge in [0.25, 0.3) is 21.8 Å². The largest absolute Gasteiger partial charge is 0.494 e. The second-order valence-electron chi connectivity index (χ2n) is 6.92. The van der Waals surface area contributed by atoms with Gasteiger partial charge in [-0.05, 0) is 73.3 Å². The summed E-state index contributed by atoms with van der Waals surface area (Å²) in [5.41, 5.74) is 5.80. The van der Waals surface area contributed by atoms with Crippen LogP contribution in [-0.2, 0) is 10.0 Å². The van der Waals surface area contributed by atoms with E-state index in [-0.39, 0.29) is 10.5 Å². The van der Waals surface area contributed by atoms with Crippen molar-refractivity contribution >= 4 is 39.3 Å². The molecular formula is C24H25N3O5S2. The topological polar surface area (TPSA) is 114 Å². The van der Waals surface area contributed by atoms with Gasteiger partial charge in [0.1, 0.15) is 5.75 Å². The van der Waals surface area contributed by atoms with E-state index < -0.39 is 21.8 Å². The van der Waals surface area contributed by atoms with Gasteiger partial charge in [0, 0.05) is 16.1 Å². The van der Waals surface area contributed by atoms with Gasteiger partial charge in [-0.2, -0.15) is 0 Å². The van der Waals surface area contributed by atoms with Crippen LogP contribution < -0.4 is 20.3 Å². The molecule has 3 aromatic carbocycles. The fourth-order valence-corrected chi connectivity index (χ4v) is 4.83. The highest BCUT2D eigenvalue weighted by molar-refractivity contribution is 7.99. The lowest BCUT2D eigenvalue weighted by molar-refractivity contribution is 0.0845. The summed E-state index contributed by atoms with van der Waals surface area (Å²) in [5.74, 6) is 0.432. The molecule has 34 heavy (non-hydrogen) atoms. The Labute approximate surface area is 203 Å². The summed E-state index contributed by atoms with van der Waals surface area (Å²) in [6.45, 7) is 4.32. The molecule has 0 saturated carbocycles. The number of hydrogen-bond donors (Lipinski definition) is 3. The minimum Gasteiger partial charge on any atom is -0.494 e.